The average molecular weight is 333 g/mol. The third kappa shape index (κ3) is 4.17. The molecule has 0 aromatic heterocycles. The van der Waals surface area contributed by atoms with E-state index in [2.05, 4.69) is 35.2 Å². The molecule has 2 saturated heterocycles. The molecule has 24 heavy (non-hydrogen) atoms. The van der Waals surface area contributed by atoms with Gasteiger partial charge in [-0.1, -0.05) is 30.3 Å². The van der Waals surface area contributed by atoms with Gasteiger partial charge in [-0.2, -0.15) is 0 Å². The number of fused-ring (bicyclic) bond motifs is 2. The van der Waals surface area contributed by atoms with Crippen LogP contribution in [0.3, 0.4) is 0 Å². The fourth-order valence-electron chi connectivity index (χ4n) is 4.48. The molecule has 1 aromatic carbocycles. The van der Waals surface area contributed by atoms with Gasteiger partial charge in [0.2, 0.25) is 0 Å². The molecular formula is C20H31NO3. The maximum atomic E-state index is 11.2. The van der Waals surface area contributed by atoms with Gasteiger partial charge in [0.15, 0.2) is 6.29 Å². The first kappa shape index (κ1) is 17.9. The van der Waals surface area contributed by atoms with Gasteiger partial charge in [0.05, 0.1) is 5.60 Å². The van der Waals surface area contributed by atoms with Crippen molar-refractivity contribution in [1.82, 2.24) is 4.90 Å². The van der Waals surface area contributed by atoms with Crippen LogP contribution in [0.2, 0.25) is 0 Å². The van der Waals surface area contributed by atoms with Crippen LogP contribution in [0.1, 0.15) is 51.5 Å². The lowest BCUT2D eigenvalue weighted by Gasteiger charge is -2.44. The summed E-state index contributed by atoms with van der Waals surface area (Å²) in [6.07, 6.45) is 4.33. The third-order valence-corrected chi connectivity index (χ3v) is 5.46. The van der Waals surface area contributed by atoms with E-state index in [0.29, 0.717) is 31.7 Å². The van der Waals surface area contributed by atoms with E-state index < -0.39 is 5.60 Å². The fraction of sp³-hybridized carbons (Fsp3) is 0.700. The molecule has 2 atom stereocenters. The highest BCUT2D eigenvalue weighted by Crippen LogP contribution is 2.43. The summed E-state index contributed by atoms with van der Waals surface area (Å²) < 4.78 is 11.3. The summed E-state index contributed by atoms with van der Waals surface area (Å²) in [5, 5.41) is 11.2. The van der Waals surface area contributed by atoms with Crippen molar-refractivity contribution in [3.8, 4) is 0 Å². The number of nitrogens with zero attached hydrogens (tertiary/aromatic N) is 1. The molecule has 4 nitrogen and oxygen atoms in total. The van der Waals surface area contributed by atoms with Crippen LogP contribution in [-0.4, -0.2) is 47.2 Å². The number of benzene rings is 1. The zero-order chi connectivity index (χ0) is 17.0. The maximum Gasteiger partial charge on any atom is 0.160 e. The molecule has 2 bridgehead atoms. The molecule has 0 amide bonds. The minimum Gasteiger partial charge on any atom is -0.390 e. The predicted octanol–water partition coefficient (Wildman–Crippen LogP) is 3.33. The molecule has 0 saturated carbocycles. The normalized spacial score (nSPS) is 30.2. The van der Waals surface area contributed by atoms with Gasteiger partial charge in [-0.15, -0.1) is 0 Å². The van der Waals surface area contributed by atoms with Gasteiger partial charge < -0.3 is 14.6 Å². The van der Waals surface area contributed by atoms with Crippen LogP contribution in [0.25, 0.3) is 0 Å². The lowest BCUT2D eigenvalue weighted by atomic mass is 9.83. The van der Waals surface area contributed by atoms with Gasteiger partial charge >= 0.3 is 0 Å². The summed E-state index contributed by atoms with van der Waals surface area (Å²) in [7, 11) is 0. The SMILES string of the molecule is CCOC(CC1(O)CC2CCC(C1)N2Cc1ccccc1)OCC. The number of hydrogen-bond donors (Lipinski definition) is 1. The predicted molar refractivity (Wildman–Crippen MR) is 94.6 cm³/mol. The standard InChI is InChI=1S/C20H31NO3/c1-3-23-19(24-4-2)14-20(22)12-17-10-11-18(13-20)21(17)15-16-8-6-5-7-9-16/h5-9,17-19,22H,3-4,10-15H2,1-2H3. The second-order valence-electron chi connectivity index (χ2n) is 7.22. The summed E-state index contributed by atoms with van der Waals surface area (Å²) in [5.41, 5.74) is 0.704. The number of ether oxygens (including phenoxy) is 2. The van der Waals surface area contributed by atoms with Crippen LogP contribution in [-0.2, 0) is 16.0 Å². The Morgan fingerprint density at radius 3 is 2.21 bits per heavy atom. The summed E-state index contributed by atoms with van der Waals surface area (Å²) >= 11 is 0. The highest BCUT2D eigenvalue weighted by Gasteiger charge is 2.48. The Hall–Kier alpha value is -0.940. The lowest BCUT2D eigenvalue weighted by molar-refractivity contribution is -0.181. The van der Waals surface area contributed by atoms with E-state index >= 15 is 0 Å². The van der Waals surface area contributed by atoms with Crippen molar-refractivity contribution in [2.45, 2.75) is 76.5 Å². The Bertz CT molecular complexity index is 487. The Morgan fingerprint density at radius 2 is 1.67 bits per heavy atom. The van der Waals surface area contributed by atoms with E-state index in [-0.39, 0.29) is 6.29 Å². The van der Waals surface area contributed by atoms with E-state index in [1.807, 2.05) is 13.8 Å². The molecule has 2 unspecified atom stereocenters. The first-order chi connectivity index (χ1) is 11.6. The first-order valence-corrected chi connectivity index (χ1v) is 9.39. The number of piperidine rings is 1. The van der Waals surface area contributed by atoms with Crippen molar-refractivity contribution >= 4 is 0 Å². The third-order valence-electron chi connectivity index (χ3n) is 5.46. The molecule has 134 valence electrons. The molecule has 3 rings (SSSR count). The Kier molecular flexibility index (Phi) is 5.93. The molecule has 0 spiro atoms. The summed E-state index contributed by atoms with van der Waals surface area (Å²) in [6, 6.07) is 11.6. The number of rotatable bonds is 8. The smallest absolute Gasteiger partial charge is 0.160 e. The maximum absolute atomic E-state index is 11.2. The average Bonchev–Trinajstić information content (AvgIpc) is 2.80. The molecule has 2 aliphatic heterocycles. The van der Waals surface area contributed by atoms with Gasteiger partial charge in [0, 0.05) is 38.3 Å². The number of aliphatic hydroxyl groups is 1. The van der Waals surface area contributed by atoms with Gasteiger partial charge in [0.25, 0.3) is 0 Å². The van der Waals surface area contributed by atoms with Gasteiger partial charge in [-0.25, -0.2) is 0 Å². The van der Waals surface area contributed by atoms with Crippen LogP contribution in [0.4, 0.5) is 0 Å². The monoisotopic (exact) mass is 333 g/mol. The zero-order valence-electron chi connectivity index (χ0n) is 15.0. The molecule has 2 fully saturated rings. The van der Waals surface area contributed by atoms with Crippen LogP contribution >= 0.6 is 0 Å². The quantitative estimate of drug-likeness (QED) is 0.741. The summed E-state index contributed by atoms with van der Waals surface area (Å²) in [4.78, 5) is 2.60. The molecule has 2 heterocycles. The highest BCUT2D eigenvalue weighted by molar-refractivity contribution is 5.16. The molecule has 0 radical (unpaired) electrons. The van der Waals surface area contributed by atoms with Crippen molar-refractivity contribution in [1.29, 1.82) is 0 Å². The first-order valence-electron chi connectivity index (χ1n) is 9.39. The molecule has 4 heteroatoms. The second-order valence-corrected chi connectivity index (χ2v) is 7.22. The minimum atomic E-state index is -0.659. The van der Waals surface area contributed by atoms with E-state index in [9.17, 15) is 5.11 Å². The highest BCUT2D eigenvalue weighted by atomic mass is 16.7. The van der Waals surface area contributed by atoms with Gasteiger partial charge in [-0.05, 0) is 45.1 Å². The largest absolute Gasteiger partial charge is 0.390 e. The van der Waals surface area contributed by atoms with Crippen LogP contribution in [0.15, 0.2) is 30.3 Å². The topological polar surface area (TPSA) is 41.9 Å². The fourth-order valence-corrected chi connectivity index (χ4v) is 4.48. The molecule has 1 aromatic rings. The van der Waals surface area contributed by atoms with Crippen molar-refractivity contribution in [2.75, 3.05) is 13.2 Å². The Labute approximate surface area is 145 Å². The minimum absolute atomic E-state index is 0.287. The summed E-state index contributed by atoms with van der Waals surface area (Å²) in [6.45, 7) is 6.18. The molecule has 2 aliphatic rings. The van der Waals surface area contributed by atoms with Crippen LogP contribution in [0.5, 0.6) is 0 Å². The molecular weight excluding hydrogens is 302 g/mol. The second kappa shape index (κ2) is 7.96. The Balaban J connectivity index is 1.63. The molecule has 1 N–H and O–H groups in total. The van der Waals surface area contributed by atoms with Crippen LogP contribution < -0.4 is 0 Å². The van der Waals surface area contributed by atoms with E-state index in [4.69, 9.17) is 9.47 Å². The van der Waals surface area contributed by atoms with Crippen molar-refractivity contribution in [3.05, 3.63) is 35.9 Å². The zero-order valence-corrected chi connectivity index (χ0v) is 15.0. The van der Waals surface area contributed by atoms with E-state index in [1.54, 1.807) is 0 Å². The van der Waals surface area contributed by atoms with Gasteiger partial charge in [-0.3, -0.25) is 4.90 Å². The lowest BCUT2D eigenvalue weighted by Crippen LogP contribution is -2.52. The van der Waals surface area contributed by atoms with E-state index in [0.717, 1.165) is 19.4 Å². The van der Waals surface area contributed by atoms with E-state index in [1.165, 1.54) is 18.4 Å². The van der Waals surface area contributed by atoms with Gasteiger partial charge in [0.1, 0.15) is 0 Å². The molecule has 0 aliphatic carbocycles. The van der Waals surface area contributed by atoms with Crippen molar-refractivity contribution in [2.24, 2.45) is 0 Å². The summed E-state index contributed by atoms with van der Waals surface area (Å²) in [5.74, 6) is 0. The number of hydrogen-bond acceptors (Lipinski definition) is 4. The van der Waals surface area contributed by atoms with Crippen molar-refractivity contribution < 1.29 is 14.6 Å². The Morgan fingerprint density at radius 1 is 1.08 bits per heavy atom. The van der Waals surface area contributed by atoms with Crippen molar-refractivity contribution in [3.63, 3.8) is 0 Å². The van der Waals surface area contributed by atoms with Crippen LogP contribution in [0, 0.1) is 0 Å².